The molecule has 1 atom stereocenters. The predicted octanol–water partition coefficient (Wildman–Crippen LogP) is 3.29. The van der Waals surface area contributed by atoms with Crippen LogP contribution in [-0.2, 0) is 10.3 Å². The number of aliphatic carboxylic acids is 1. The molecule has 0 saturated heterocycles. The van der Waals surface area contributed by atoms with E-state index in [4.69, 9.17) is 0 Å². The highest BCUT2D eigenvalue weighted by atomic mass is 32.2. The number of carboxylic acids is 1. The fourth-order valence-electron chi connectivity index (χ4n) is 2.14. The highest BCUT2D eigenvalue weighted by Gasteiger charge is 2.38. The summed E-state index contributed by atoms with van der Waals surface area (Å²) in [6.45, 7) is 2.04. The number of benzene rings is 2. The SMILES string of the molecule is CNC(CSc1ccc(C)cc1)(C(=O)O)c1ccccc1. The van der Waals surface area contributed by atoms with Crippen LogP contribution in [0.4, 0.5) is 0 Å². The molecule has 2 aromatic rings. The number of hydrogen-bond acceptors (Lipinski definition) is 3. The maximum Gasteiger partial charge on any atom is 0.329 e. The minimum atomic E-state index is -1.09. The Bertz CT molecular complexity index is 598. The van der Waals surface area contributed by atoms with Gasteiger partial charge in [0, 0.05) is 10.6 Å². The van der Waals surface area contributed by atoms with Crippen molar-refractivity contribution in [2.45, 2.75) is 17.4 Å². The number of hydrogen-bond donors (Lipinski definition) is 2. The minimum Gasteiger partial charge on any atom is -0.480 e. The standard InChI is InChI=1S/C17H19NO2S/c1-13-8-10-15(11-9-13)21-12-17(18-2,16(19)20)14-6-4-3-5-7-14/h3-11,18H,12H2,1-2H3,(H,19,20). The largest absolute Gasteiger partial charge is 0.480 e. The summed E-state index contributed by atoms with van der Waals surface area (Å²) >= 11 is 1.54. The van der Waals surface area contributed by atoms with E-state index >= 15 is 0 Å². The Morgan fingerprint density at radius 1 is 1.14 bits per heavy atom. The molecule has 0 aromatic heterocycles. The van der Waals surface area contributed by atoms with Crippen molar-refractivity contribution in [1.29, 1.82) is 0 Å². The second-order valence-corrected chi connectivity index (χ2v) is 5.98. The lowest BCUT2D eigenvalue weighted by molar-refractivity contribution is -0.144. The number of carbonyl (C=O) groups is 1. The van der Waals surface area contributed by atoms with Crippen molar-refractivity contribution in [3.8, 4) is 0 Å². The zero-order valence-corrected chi connectivity index (χ0v) is 13.0. The highest BCUT2D eigenvalue weighted by molar-refractivity contribution is 7.99. The van der Waals surface area contributed by atoms with Crippen molar-refractivity contribution in [2.75, 3.05) is 12.8 Å². The maximum absolute atomic E-state index is 11.9. The Labute approximate surface area is 129 Å². The van der Waals surface area contributed by atoms with Crippen LogP contribution < -0.4 is 5.32 Å². The molecule has 1 unspecified atom stereocenters. The maximum atomic E-state index is 11.9. The van der Waals surface area contributed by atoms with Gasteiger partial charge < -0.3 is 10.4 Å². The van der Waals surface area contributed by atoms with E-state index in [0.717, 1.165) is 10.5 Å². The lowest BCUT2D eigenvalue weighted by atomic mass is 9.92. The van der Waals surface area contributed by atoms with Crippen LogP contribution in [0.25, 0.3) is 0 Å². The van der Waals surface area contributed by atoms with Crippen LogP contribution in [0.2, 0.25) is 0 Å². The molecule has 110 valence electrons. The zero-order chi connectivity index (χ0) is 15.3. The van der Waals surface area contributed by atoms with E-state index in [2.05, 4.69) is 5.32 Å². The van der Waals surface area contributed by atoms with Gasteiger partial charge in [0.25, 0.3) is 0 Å². The molecule has 0 radical (unpaired) electrons. The van der Waals surface area contributed by atoms with Crippen molar-refractivity contribution >= 4 is 17.7 Å². The molecule has 0 aliphatic heterocycles. The average molecular weight is 301 g/mol. The summed E-state index contributed by atoms with van der Waals surface area (Å²) < 4.78 is 0. The average Bonchev–Trinajstić information content (AvgIpc) is 2.51. The van der Waals surface area contributed by atoms with Gasteiger partial charge in [0.1, 0.15) is 0 Å². The van der Waals surface area contributed by atoms with Crippen LogP contribution in [0.5, 0.6) is 0 Å². The fourth-order valence-corrected chi connectivity index (χ4v) is 3.29. The first-order chi connectivity index (χ1) is 10.1. The summed E-state index contributed by atoms with van der Waals surface area (Å²) in [4.78, 5) is 12.9. The molecule has 0 amide bonds. The number of likely N-dealkylation sites (N-methyl/N-ethyl adjacent to an activating group) is 1. The molecule has 0 aliphatic carbocycles. The third-order valence-electron chi connectivity index (χ3n) is 3.53. The first kappa shape index (κ1) is 15.6. The lowest BCUT2D eigenvalue weighted by Crippen LogP contribution is -2.49. The summed E-state index contributed by atoms with van der Waals surface area (Å²) in [5, 5.41) is 12.7. The smallest absolute Gasteiger partial charge is 0.329 e. The summed E-state index contributed by atoms with van der Waals surface area (Å²) in [6, 6.07) is 17.4. The molecule has 0 bridgehead atoms. The van der Waals surface area contributed by atoms with E-state index < -0.39 is 11.5 Å². The van der Waals surface area contributed by atoms with E-state index in [1.807, 2.05) is 61.5 Å². The van der Waals surface area contributed by atoms with Gasteiger partial charge in [0.2, 0.25) is 0 Å². The first-order valence-electron chi connectivity index (χ1n) is 6.76. The lowest BCUT2D eigenvalue weighted by Gasteiger charge is -2.29. The Kier molecular flexibility index (Phi) is 5.04. The van der Waals surface area contributed by atoms with Crippen molar-refractivity contribution in [3.05, 3.63) is 65.7 Å². The van der Waals surface area contributed by atoms with Gasteiger partial charge in [-0.2, -0.15) is 0 Å². The monoisotopic (exact) mass is 301 g/mol. The molecule has 2 aromatic carbocycles. The molecule has 0 aliphatic rings. The van der Waals surface area contributed by atoms with Crippen molar-refractivity contribution in [2.24, 2.45) is 0 Å². The second-order valence-electron chi connectivity index (χ2n) is 4.93. The number of nitrogens with one attached hydrogen (secondary N) is 1. The molecule has 4 heteroatoms. The van der Waals surface area contributed by atoms with E-state index in [1.54, 1.807) is 18.8 Å². The van der Waals surface area contributed by atoms with Crippen molar-refractivity contribution in [1.82, 2.24) is 5.32 Å². The number of carboxylic acid groups (broad SMARTS) is 1. The van der Waals surface area contributed by atoms with Crippen molar-refractivity contribution < 1.29 is 9.90 Å². The third-order valence-corrected chi connectivity index (χ3v) is 4.72. The highest BCUT2D eigenvalue weighted by Crippen LogP contribution is 2.30. The van der Waals surface area contributed by atoms with Crippen LogP contribution in [0, 0.1) is 6.92 Å². The van der Waals surface area contributed by atoms with Crippen LogP contribution >= 0.6 is 11.8 Å². The first-order valence-corrected chi connectivity index (χ1v) is 7.74. The molecule has 21 heavy (non-hydrogen) atoms. The Morgan fingerprint density at radius 3 is 2.29 bits per heavy atom. The quantitative estimate of drug-likeness (QED) is 0.804. The molecule has 3 nitrogen and oxygen atoms in total. The Hall–Kier alpha value is -1.78. The van der Waals surface area contributed by atoms with Gasteiger partial charge in [-0.25, -0.2) is 4.79 Å². The molecular weight excluding hydrogens is 282 g/mol. The van der Waals surface area contributed by atoms with Crippen LogP contribution in [0.15, 0.2) is 59.5 Å². The van der Waals surface area contributed by atoms with E-state index in [9.17, 15) is 9.90 Å². The summed E-state index contributed by atoms with van der Waals surface area (Å²) in [5.41, 5.74) is 0.872. The number of rotatable bonds is 6. The van der Waals surface area contributed by atoms with Gasteiger partial charge in [0.15, 0.2) is 5.54 Å². The normalized spacial score (nSPS) is 13.6. The van der Waals surface area contributed by atoms with E-state index in [1.165, 1.54) is 5.56 Å². The summed E-state index contributed by atoms with van der Waals surface area (Å²) in [7, 11) is 1.69. The van der Waals surface area contributed by atoms with E-state index in [-0.39, 0.29) is 0 Å². The molecule has 2 rings (SSSR count). The van der Waals surface area contributed by atoms with Gasteiger partial charge in [-0.05, 0) is 31.7 Å². The summed E-state index contributed by atoms with van der Waals surface area (Å²) in [5.74, 6) is -0.442. The third kappa shape index (κ3) is 3.46. The molecule has 0 heterocycles. The van der Waals surface area contributed by atoms with Crippen molar-refractivity contribution in [3.63, 3.8) is 0 Å². The Balaban J connectivity index is 2.25. The molecule has 0 fully saturated rings. The number of aryl methyl sites for hydroxylation is 1. The van der Waals surface area contributed by atoms with Crippen LogP contribution in [0.3, 0.4) is 0 Å². The number of thioether (sulfide) groups is 1. The fraction of sp³-hybridized carbons (Fsp3) is 0.235. The molecule has 0 saturated carbocycles. The molecular formula is C17H19NO2S. The van der Waals surface area contributed by atoms with Gasteiger partial charge in [-0.15, -0.1) is 11.8 Å². The van der Waals surface area contributed by atoms with Gasteiger partial charge in [-0.1, -0.05) is 48.0 Å². The Morgan fingerprint density at radius 2 is 1.76 bits per heavy atom. The van der Waals surface area contributed by atoms with E-state index in [0.29, 0.717) is 5.75 Å². The second kappa shape index (κ2) is 6.78. The molecule has 2 N–H and O–H groups in total. The molecule has 0 spiro atoms. The van der Waals surface area contributed by atoms with Gasteiger partial charge >= 0.3 is 5.97 Å². The van der Waals surface area contributed by atoms with Crippen LogP contribution in [0.1, 0.15) is 11.1 Å². The van der Waals surface area contributed by atoms with Gasteiger partial charge in [0.05, 0.1) is 0 Å². The summed E-state index contributed by atoms with van der Waals surface area (Å²) in [6.07, 6.45) is 0. The topological polar surface area (TPSA) is 49.3 Å². The van der Waals surface area contributed by atoms with Crippen LogP contribution in [-0.4, -0.2) is 23.9 Å². The zero-order valence-electron chi connectivity index (χ0n) is 12.2. The minimum absolute atomic E-state index is 0.423. The van der Waals surface area contributed by atoms with Gasteiger partial charge in [-0.3, -0.25) is 0 Å². The predicted molar refractivity (Wildman–Crippen MR) is 86.7 cm³/mol.